The molecule has 6 heteroatoms. The molecule has 21 heavy (non-hydrogen) atoms. The average Bonchev–Trinajstić information content (AvgIpc) is 2.68. The molecule has 112 valence electrons. The Morgan fingerprint density at radius 2 is 2.14 bits per heavy atom. The number of nitrogen functional groups attached to an aromatic ring is 1. The number of hydrogen-bond donors (Lipinski definition) is 2. The van der Waals surface area contributed by atoms with Gasteiger partial charge in [0.05, 0.1) is 0 Å². The van der Waals surface area contributed by atoms with Gasteiger partial charge < -0.3 is 11.2 Å². The molecule has 3 rings (SSSR count). The van der Waals surface area contributed by atoms with Crippen molar-refractivity contribution in [3.8, 4) is 0 Å². The Labute approximate surface area is 123 Å². The van der Waals surface area contributed by atoms with E-state index in [0.717, 1.165) is 28.8 Å². The van der Waals surface area contributed by atoms with E-state index < -0.39 is 0 Å². The minimum atomic E-state index is -0.268. The van der Waals surface area contributed by atoms with Crippen molar-refractivity contribution in [3.05, 3.63) is 28.7 Å². The first-order valence-electron chi connectivity index (χ1n) is 7.54. The summed E-state index contributed by atoms with van der Waals surface area (Å²) in [5.41, 5.74) is 0.192. The lowest BCUT2D eigenvalue weighted by molar-refractivity contribution is 0.501. The van der Waals surface area contributed by atoms with E-state index in [4.69, 9.17) is 5.84 Å². The molecule has 0 spiro atoms. The number of nitrogens with two attached hydrogens (primary N) is 1. The topological polar surface area (TPSA) is 85.8 Å². The summed E-state index contributed by atoms with van der Waals surface area (Å²) in [5.74, 6) is 7.09. The first kappa shape index (κ1) is 13.9. The number of nitrogens with zero attached hydrogens (tertiary/aromatic N) is 3. The van der Waals surface area contributed by atoms with Crippen molar-refractivity contribution < 1.29 is 0 Å². The third-order valence-electron chi connectivity index (χ3n) is 4.26. The minimum Gasteiger partial charge on any atom is -0.351 e. The summed E-state index contributed by atoms with van der Waals surface area (Å²) in [7, 11) is 0. The van der Waals surface area contributed by atoms with Crippen LogP contribution in [0.4, 0.5) is 5.95 Å². The maximum absolute atomic E-state index is 11.6. The van der Waals surface area contributed by atoms with E-state index in [1.165, 1.54) is 25.3 Å². The third-order valence-corrected chi connectivity index (χ3v) is 4.26. The highest BCUT2D eigenvalue weighted by molar-refractivity contribution is 5.75. The monoisotopic (exact) mass is 287 g/mol. The summed E-state index contributed by atoms with van der Waals surface area (Å²) in [6, 6.07) is 3.51. The molecule has 6 nitrogen and oxygen atoms in total. The molecule has 1 aliphatic carbocycles. The van der Waals surface area contributed by atoms with Crippen molar-refractivity contribution >= 4 is 17.0 Å². The number of anilines is 1. The van der Waals surface area contributed by atoms with Crippen LogP contribution < -0.4 is 16.7 Å². The fraction of sp³-hybridized carbons (Fsp3) is 0.533. The van der Waals surface area contributed by atoms with Gasteiger partial charge in [-0.1, -0.05) is 19.8 Å². The highest BCUT2D eigenvalue weighted by Crippen LogP contribution is 2.24. The smallest absolute Gasteiger partial charge is 0.270 e. The fourth-order valence-electron chi connectivity index (χ4n) is 2.92. The maximum atomic E-state index is 11.6. The molecule has 0 bridgehead atoms. The lowest BCUT2D eigenvalue weighted by atomic mass is 10.0. The SMILES string of the molecule is CC1CCCC(Nc2ncc3ccc(=O)n(N)c3n2)CC1. The molecule has 2 aromatic rings. The van der Waals surface area contributed by atoms with Crippen LogP contribution >= 0.6 is 0 Å². The molecule has 0 aliphatic heterocycles. The van der Waals surface area contributed by atoms with Gasteiger partial charge in [0.15, 0.2) is 5.65 Å². The third kappa shape index (κ3) is 2.99. The molecule has 0 saturated heterocycles. The second kappa shape index (κ2) is 5.71. The second-order valence-electron chi connectivity index (χ2n) is 5.97. The van der Waals surface area contributed by atoms with E-state index in [-0.39, 0.29) is 5.56 Å². The van der Waals surface area contributed by atoms with Gasteiger partial charge in [-0.3, -0.25) is 4.79 Å². The summed E-state index contributed by atoms with van der Waals surface area (Å²) in [4.78, 5) is 20.3. The van der Waals surface area contributed by atoms with E-state index >= 15 is 0 Å². The Morgan fingerprint density at radius 1 is 1.29 bits per heavy atom. The summed E-state index contributed by atoms with van der Waals surface area (Å²) >= 11 is 0. The van der Waals surface area contributed by atoms with E-state index in [0.29, 0.717) is 17.6 Å². The van der Waals surface area contributed by atoms with Crippen molar-refractivity contribution in [2.75, 3.05) is 11.2 Å². The largest absolute Gasteiger partial charge is 0.351 e. The van der Waals surface area contributed by atoms with Crippen LogP contribution in [-0.2, 0) is 0 Å². The van der Waals surface area contributed by atoms with Crippen LogP contribution in [0.2, 0.25) is 0 Å². The van der Waals surface area contributed by atoms with Crippen LogP contribution in [0.1, 0.15) is 39.0 Å². The van der Waals surface area contributed by atoms with Gasteiger partial charge in [-0.2, -0.15) is 4.98 Å². The van der Waals surface area contributed by atoms with Gasteiger partial charge in [-0.25, -0.2) is 9.66 Å². The predicted molar refractivity (Wildman–Crippen MR) is 83.6 cm³/mol. The standard InChI is InChI=1S/C15H21N5O/c1-10-3-2-4-12(7-5-10)18-15-17-9-11-6-8-13(21)20(16)14(11)19-15/h6,8-10,12H,2-5,7,16H2,1H3,(H,17,18,19). The normalized spacial score (nSPS) is 22.9. The molecule has 2 atom stereocenters. The van der Waals surface area contributed by atoms with Crippen LogP contribution in [0, 0.1) is 5.92 Å². The number of rotatable bonds is 2. The summed E-state index contributed by atoms with van der Waals surface area (Å²) in [6.45, 7) is 2.31. The zero-order valence-electron chi connectivity index (χ0n) is 12.2. The van der Waals surface area contributed by atoms with Gasteiger partial charge in [0.1, 0.15) is 0 Å². The maximum Gasteiger partial charge on any atom is 0.270 e. The molecular weight excluding hydrogens is 266 g/mol. The number of aromatic nitrogens is 3. The number of pyridine rings is 1. The summed E-state index contributed by atoms with van der Waals surface area (Å²) < 4.78 is 1.07. The molecule has 3 N–H and O–H groups in total. The molecule has 1 fully saturated rings. The highest BCUT2D eigenvalue weighted by Gasteiger charge is 2.17. The van der Waals surface area contributed by atoms with Crippen molar-refractivity contribution in [2.24, 2.45) is 5.92 Å². The molecule has 2 unspecified atom stereocenters. The number of nitrogens with one attached hydrogen (secondary N) is 1. The lowest BCUT2D eigenvalue weighted by Crippen LogP contribution is -2.27. The first-order valence-corrected chi connectivity index (χ1v) is 7.54. The molecule has 0 amide bonds. The minimum absolute atomic E-state index is 0.268. The van der Waals surface area contributed by atoms with E-state index in [1.54, 1.807) is 12.3 Å². The van der Waals surface area contributed by atoms with Crippen LogP contribution in [0.5, 0.6) is 0 Å². The van der Waals surface area contributed by atoms with Crippen molar-refractivity contribution in [1.82, 2.24) is 14.6 Å². The van der Waals surface area contributed by atoms with Gasteiger partial charge in [0.25, 0.3) is 5.56 Å². The Hall–Kier alpha value is -2.11. The van der Waals surface area contributed by atoms with Crippen molar-refractivity contribution in [3.63, 3.8) is 0 Å². The van der Waals surface area contributed by atoms with Crippen LogP contribution in [0.15, 0.2) is 23.1 Å². The van der Waals surface area contributed by atoms with E-state index in [9.17, 15) is 4.79 Å². The summed E-state index contributed by atoms with van der Waals surface area (Å²) in [5, 5.41) is 4.15. The van der Waals surface area contributed by atoms with Gasteiger partial charge in [-0.15, -0.1) is 0 Å². The molecule has 1 saturated carbocycles. The Morgan fingerprint density at radius 3 is 3.00 bits per heavy atom. The average molecular weight is 287 g/mol. The Kier molecular flexibility index (Phi) is 3.77. The van der Waals surface area contributed by atoms with Gasteiger partial charge >= 0.3 is 0 Å². The molecule has 0 aromatic carbocycles. The fourth-order valence-corrected chi connectivity index (χ4v) is 2.92. The van der Waals surface area contributed by atoms with Gasteiger partial charge in [-0.05, 0) is 31.2 Å². The second-order valence-corrected chi connectivity index (χ2v) is 5.97. The summed E-state index contributed by atoms with van der Waals surface area (Å²) in [6.07, 6.45) is 7.72. The predicted octanol–water partition coefficient (Wildman–Crippen LogP) is 1.89. The molecule has 0 radical (unpaired) electrons. The number of hydrogen-bond acceptors (Lipinski definition) is 5. The van der Waals surface area contributed by atoms with Crippen LogP contribution in [0.25, 0.3) is 11.0 Å². The molecule has 2 heterocycles. The highest BCUT2D eigenvalue weighted by atomic mass is 16.1. The quantitative estimate of drug-likeness (QED) is 0.650. The zero-order valence-corrected chi connectivity index (χ0v) is 12.2. The Balaban J connectivity index is 1.84. The molecule has 2 aromatic heterocycles. The Bertz CT molecular complexity index is 696. The first-order chi connectivity index (χ1) is 10.1. The van der Waals surface area contributed by atoms with Gasteiger partial charge in [0.2, 0.25) is 5.95 Å². The zero-order chi connectivity index (χ0) is 14.8. The van der Waals surface area contributed by atoms with E-state index in [1.807, 2.05) is 0 Å². The van der Waals surface area contributed by atoms with Crippen molar-refractivity contribution in [2.45, 2.75) is 45.1 Å². The van der Waals surface area contributed by atoms with E-state index in [2.05, 4.69) is 22.2 Å². The van der Waals surface area contributed by atoms with Crippen LogP contribution in [-0.4, -0.2) is 20.7 Å². The van der Waals surface area contributed by atoms with Crippen molar-refractivity contribution in [1.29, 1.82) is 0 Å². The molecule has 1 aliphatic rings. The van der Waals surface area contributed by atoms with Crippen LogP contribution in [0.3, 0.4) is 0 Å². The lowest BCUT2D eigenvalue weighted by Gasteiger charge is -2.16. The number of fused-ring (bicyclic) bond motifs is 1. The van der Waals surface area contributed by atoms with Gasteiger partial charge in [0, 0.05) is 23.7 Å². The molecular formula is C15H21N5O.